The Morgan fingerprint density at radius 1 is 1.24 bits per heavy atom. The van der Waals surface area contributed by atoms with E-state index in [1.807, 2.05) is 24.3 Å². The van der Waals surface area contributed by atoms with E-state index in [0.29, 0.717) is 23.1 Å². The van der Waals surface area contributed by atoms with E-state index < -0.39 is 6.09 Å². The fraction of sp³-hybridized carbons (Fsp3) is 0.222. The van der Waals surface area contributed by atoms with E-state index in [1.165, 1.54) is 6.21 Å². The third kappa shape index (κ3) is 5.69. The molecule has 0 saturated carbocycles. The Bertz CT molecular complexity index is 750. The number of methoxy groups -OCH3 is 1. The maximum absolute atomic E-state index is 11.2. The summed E-state index contributed by atoms with van der Waals surface area (Å²) in [5.41, 5.74) is 3.88. The van der Waals surface area contributed by atoms with Crippen LogP contribution in [0.5, 0.6) is 11.5 Å². The van der Waals surface area contributed by atoms with E-state index in [9.17, 15) is 4.79 Å². The number of halogens is 1. The quantitative estimate of drug-likeness (QED) is 0.597. The number of amides is 1. The molecule has 2 aromatic carbocycles. The zero-order chi connectivity index (χ0) is 18.1. The van der Waals surface area contributed by atoms with Crippen LogP contribution < -0.4 is 14.9 Å². The van der Waals surface area contributed by atoms with Crippen molar-refractivity contribution in [2.75, 3.05) is 13.7 Å². The van der Waals surface area contributed by atoms with Crippen molar-refractivity contribution in [1.29, 1.82) is 0 Å². The minimum Gasteiger partial charge on any atom is -0.493 e. The summed E-state index contributed by atoms with van der Waals surface area (Å²) in [4.78, 5) is 11.2. The Labute approximate surface area is 151 Å². The summed E-state index contributed by atoms with van der Waals surface area (Å²) in [6.07, 6.45) is 0.877. The van der Waals surface area contributed by atoms with Crippen molar-refractivity contribution in [2.45, 2.75) is 13.5 Å². The number of carbonyl (C=O) groups excluding carboxylic acids is 1. The zero-order valence-corrected chi connectivity index (χ0v) is 14.7. The fourth-order valence-corrected chi connectivity index (χ4v) is 2.17. The van der Waals surface area contributed by atoms with E-state index in [0.717, 1.165) is 11.1 Å². The number of benzene rings is 2. The van der Waals surface area contributed by atoms with Gasteiger partial charge in [0.2, 0.25) is 0 Å². The van der Waals surface area contributed by atoms with Gasteiger partial charge in [-0.2, -0.15) is 5.10 Å². The standard InChI is InChI=1S/C18H19ClN2O4/c1-3-24-18(22)21-20-11-13-8-9-16(17(10-13)23-2)25-12-14-6-4-5-7-15(14)19/h4-11H,3,12H2,1-2H3,(H,21,22). The molecule has 7 heteroatoms. The summed E-state index contributed by atoms with van der Waals surface area (Å²) >= 11 is 6.12. The van der Waals surface area contributed by atoms with Crippen LogP contribution in [0.25, 0.3) is 0 Å². The lowest BCUT2D eigenvalue weighted by atomic mass is 10.2. The van der Waals surface area contributed by atoms with Crippen molar-refractivity contribution in [3.8, 4) is 11.5 Å². The maximum Gasteiger partial charge on any atom is 0.427 e. The summed E-state index contributed by atoms with van der Waals surface area (Å²) in [5.74, 6) is 1.13. The number of hydrogen-bond acceptors (Lipinski definition) is 5. The molecule has 2 aromatic rings. The van der Waals surface area contributed by atoms with Crippen LogP contribution in [0.15, 0.2) is 47.6 Å². The van der Waals surface area contributed by atoms with Gasteiger partial charge in [-0.25, -0.2) is 10.2 Å². The second kappa shape index (κ2) is 9.54. The predicted octanol–water partition coefficient (Wildman–Crippen LogP) is 4.01. The molecule has 0 heterocycles. The van der Waals surface area contributed by atoms with Crippen molar-refractivity contribution in [1.82, 2.24) is 5.43 Å². The largest absolute Gasteiger partial charge is 0.493 e. The van der Waals surface area contributed by atoms with Crippen molar-refractivity contribution >= 4 is 23.9 Å². The van der Waals surface area contributed by atoms with E-state index in [1.54, 1.807) is 32.2 Å². The van der Waals surface area contributed by atoms with Gasteiger partial charge in [0.15, 0.2) is 11.5 Å². The first-order chi connectivity index (χ1) is 12.1. The van der Waals surface area contributed by atoms with Crippen molar-refractivity contribution in [2.24, 2.45) is 5.10 Å². The Morgan fingerprint density at radius 2 is 2.04 bits per heavy atom. The number of carbonyl (C=O) groups is 1. The zero-order valence-electron chi connectivity index (χ0n) is 14.0. The van der Waals surface area contributed by atoms with Crippen molar-refractivity contribution < 1.29 is 19.0 Å². The summed E-state index contributed by atoms with van der Waals surface area (Å²) in [5, 5.41) is 4.46. The molecule has 0 radical (unpaired) electrons. The van der Waals surface area contributed by atoms with Gasteiger partial charge < -0.3 is 14.2 Å². The SMILES string of the molecule is CCOC(=O)NN=Cc1ccc(OCc2ccccc2Cl)c(OC)c1. The minimum atomic E-state index is -0.606. The summed E-state index contributed by atoms with van der Waals surface area (Å²) in [6, 6.07) is 12.8. The number of hydrogen-bond donors (Lipinski definition) is 1. The highest BCUT2D eigenvalue weighted by molar-refractivity contribution is 6.31. The Balaban J connectivity index is 2.02. The average molecular weight is 363 g/mol. The van der Waals surface area contributed by atoms with Gasteiger partial charge in [0.05, 0.1) is 19.9 Å². The maximum atomic E-state index is 11.2. The lowest BCUT2D eigenvalue weighted by Gasteiger charge is -2.12. The van der Waals surface area contributed by atoms with Gasteiger partial charge in [-0.1, -0.05) is 29.8 Å². The molecular formula is C18H19ClN2O4. The summed E-state index contributed by atoms with van der Waals surface area (Å²) < 4.78 is 15.8. The van der Waals surface area contributed by atoms with Gasteiger partial charge in [-0.3, -0.25) is 0 Å². The lowest BCUT2D eigenvalue weighted by molar-refractivity contribution is 0.152. The first-order valence-electron chi connectivity index (χ1n) is 7.64. The molecular weight excluding hydrogens is 344 g/mol. The predicted molar refractivity (Wildman–Crippen MR) is 96.5 cm³/mol. The molecule has 0 aliphatic heterocycles. The molecule has 0 unspecified atom stereocenters. The molecule has 1 amide bonds. The fourth-order valence-electron chi connectivity index (χ4n) is 1.98. The topological polar surface area (TPSA) is 69.2 Å². The third-order valence-corrected chi connectivity index (χ3v) is 3.54. The van der Waals surface area contributed by atoms with Crippen molar-refractivity contribution in [3.63, 3.8) is 0 Å². The van der Waals surface area contributed by atoms with Crippen LogP contribution in [0.4, 0.5) is 4.79 Å². The molecule has 0 aliphatic rings. The van der Waals surface area contributed by atoms with Gasteiger partial charge in [0, 0.05) is 10.6 Å². The normalized spacial score (nSPS) is 10.5. The van der Waals surface area contributed by atoms with E-state index >= 15 is 0 Å². The summed E-state index contributed by atoms with van der Waals surface area (Å²) in [6.45, 7) is 2.33. The monoisotopic (exact) mass is 362 g/mol. The van der Waals surface area contributed by atoms with Crippen LogP contribution in [-0.4, -0.2) is 26.0 Å². The average Bonchev–Trinajstić information content (AvgIpc) is 2.62. The lowest BCUT2D eigenvalue weighted by Crippen LogP contribution is -2.18. The van der Waals surface area contributed by atoms with Crippen LogP contribution in [-0.2, 0) is 11.3 Å². The first-order valence-corrected chi connectivity index (χ1v) is 8.02. The number of nitrogens with zero attached hydrogens (tertiary/aromatic N) is 1. The number of ether oxygens (including phenoxy) is 3. The minimum absolute atomic E-state index is 0.284. The molecule has 0 saturated heterocycles. The smallest absolute Gasteiger partial charge is 0.427 e. The molecule has 0 aliphatic carbocycles. The summed E-state index contributed by atoms with van der Waals surface area (Å²) in [7, 11) is 1.55. The van der Waals surface area contributed by atoms with Gasteiger partial charge in [-0.05, 0) is 36.8 Å². The number of rotatable bonds is 7. The Kier molecular flexibility index (Phi) is 7.10. The highest BCUT2D eigenvalue weighted by atomic mass is 35.5. The molecule has 0 fully saturated rings. The molecule has 132 valence electrons. The van der Waals surface area contributed by atoms with Crippen LogP contribution in [0, 0.1) is 0 Å². The molecule has 0 bridgehead atoms. The molecule has 2 rings (SSSR count). The van der Waals surface area contributed by atoms with Crippen LogP contribution >= 0.6 is 11.6 Å². The second-order valence-corrected chi connectivity index (χ2v) is 5.29. The Morgan fingerprint density at radius 3 is 2.76 bits per heavy atom. The van der Waals surface area contributed by atoms with Crippen molar-refractivity contribution in [3.05, 3.63) is 58.6 Å². The molecule has 0 aromatic heterocycles. The van der Waals surface area contributed by atoms with Crippen LogP contribution in [0.2, 0.25) is 5.02 Å². The van der Waals surface area contributed by atoms with E-state index in [4.69, 9.17) is 25.8 Å². The van der Waals surface area contributed by atoms with E-state index in [-0.39, 0.29) is 6.61 Å². The third-order valence-electron chi connectivity index (χ3n) is 3.17. The Hall–Kier alpha value is -2.73. The van der Waals surface area contributed by atoms with Gasteiger partial charge in [0.25, 0.3) is 0 Å². The second-order valence-electron chi connectivity index (χ2n) is 4.88. The van der Waals surface area contributed by atoms with Crippen LogP contribution in [0.3, 0.4) is 0 Å². The molecule has 0 atom stereocenters. The highest BCUT2D eigenvalue weighted by Gasteiger charge is 2.07. The number of nitrogens with one attached hydrogen (secondary N) is 1. The molecule has 0 spiro atoms. The highest BCUT2D eigenvalue weighted by Crippen LogP contribution is 2.29. The van der Waals surface area contributed by atoms with Gasteiger partial charge in [-0.15, -0.1) is 0 Å². The van der Waals surface area contributed by atoms with Gasteiger partial charge in [0.1, 0.15) is 6.61 Å². The molecule has 1 N–H and O–H groups in total. The first kappa shape index (κ1) is 18.6. The molecule has 25 heavy (non-hydrogen) atoms. The van der Waals surface area contributed by atoms with E-state index in [2.05, 4.69) is 10.5 Å². The van der Waals surface area contributed by atoms with Gasteiger partial charge >= 0.3 is 6.09 Å². The number of hydrazone groups is 1. The molecule has 6 nitrogen and oxygen atoms in total. The van der Waals surface area contributed by atoms with Crippen LogP contribution in [0.1, 0.15) is 18.1 Å².